The van der Waals surface area contributed by atoms with Gasteiger partial charge in [-0.25, -0.2) is 0 Å². The molecule has 124 valence electrons. The zero-order chi connectivity index (χ0) is 15.7. The second-order valence-electron chi connectivity index (χ2n) is 9.04. The maximum atomic E-state index is 10.4. The van der Waals surface area contributed by atoms with Crippen LogP contribution in [-0.2, 0) is 0 Å². The monoisotopic (exact) mass is 306 g/mol. The Bertz CT molecular complexity index is 513. The highest BCUT2D eigenvalue weighted by Gasteiger charge is 2.60. The first-order chi connectivity index (χ1) is 10.4. The predicted molar refractivity (Wildman–Crippen MR) is 85.4 cm³/mol. The van der Waals surface area contributed by atoms with Crippen molar-refractivity contribution in [2.45, 2.75) is 71.3 Å². The van der Waals surface area contributed by atoms with Crippen molar-refractivity contribution in [2.24, 2.45) is 34.5 Å². The zero-order valence-corrected chi connectivity index (χ0v) is 13.9. The van der Waals surface area contributed by atoms with Gasteiger partial charge in [-0.05, 0) is 74.0 Å². The van der Waals surface area contributed by atoms with E-state index in [2.05, 4.69) is 13.8 Å². The molecule has 0 aromatic heterocycles. The minimum atomic E-state index is -0.192. The molecule has 3 saturated carbocycles. The van der Waals surface area contributed by atoms with Crippen LogP contribution >= 0.6 is 0 Å². The second kappa shape index (κ2) is 4.66. The molecule has 0 amide bonds. The Morgan fingerprint density at radius 3 is 2.50 bits per heavy atom. The summed E-state index contributed by atoms with van der Waals surface area (Å²) < 4.78 is 0. The number of allylic oxidation sites excluding steroid dienone is 2. The van der Waals surface area contributed by atoms with Gasteiger partial charge in [-0.3, -0.25) is 0 Å². The number of rotatable bonds is 0. The summed E-state index contributed by atoms with van der Waals surface area (Å²) in [5, 5.41) is 30.5. The number of fused-ring (bicyclic) bond motifs is 5. The normalized spacial score (nSPS) is 54.6. The molecular formula is C19H30O3. The topological polar surface area (TPSA) is 60.7 Å². The average molecular weight is 306 g/mol. The summed E-state index contributed by atoms with van der Waals surface area (Å²) in [5.41, 5.74) is 0.167. The van der Waals surface area contributed by atoms with E-state index in [-0.39, 0.29) is 23.0 Å². The fourth-order valence-corrected chi connectivity index (χ4v) is 6.86. The summed E-state index contributed by atoms with van der Waals surface area (Å²) in [6.45, 7) is 4.62. The van der Waals surface area contributed by atoms with E-state index in [9.17, 15) is 15.3 Å². The first-order valence-corrected chi connectivity index (χ1v) is 9.16. The van der Waals surface area contributed by atoms with Gasteiger partial charge in [0, 0.05) is 11.8 Å². The molecule has 4 aliphatic carbocycles. The van der Waals surface area contributed by atoms with Gasteiger partial charge in [-0.2, -0.15) is 0 Å². The van der Waals surface area contributed by atoms with Gasteiger partial charge in [0.05, 0.1) is 6.10 Å². The summed E-state index contributed by atoms with van der Waals surface area (Å²) >= 11 is 0. The van der Waals surface area contributed by atoms with Gasteiger partial charge in [-0.1, -0.05) is 13.8 Å². The molecule has 0 bridgehead atoms. The van der Waals surface area contributed by atoms with Crippen molar-refractivity contribution in [2.75, 3.05) is 0 Å². The van der Waals surface area contributed by atoms with Crippen molar-refractivity contribution in [3.63, 3.8) is 0 Å². The molecule has 2 unspecified atom stereocenters. The molecule has 0 aromatic carbocycles. The molecule has 3 nitrogen and oxygen atoms in total. The van der Waals surface area contributed by atoms with E-state index >= 15 is 0 Å². The highest BCUT2D eigenvalue weighted by atomic mass is 16.3. The molecule has 4 rings (SSSR count). The van der Waals surface area contributed by atoms with Crippen molar-refractivity contribution in [1.29, 1.82) is 0 Å². The van der Waals surface area contributed by atoms with E-state index < -0.39 is 0 Å². The van der Waals surface area contributed by atoms with Crippen LogP contribution in [0, 0.1) is 34.5 Å². The lowest BCUT2D eigenvalue weighted by atomic mass is 9.45. The second-order valence-corrected chi connectivity index (χ2v) is 9.04. The van der Waals surface area contributed by atoms with Gasteiger partial charge in [-0.15, -0.1) is 0 Å². The van der Waals surface area contributed by atoms with Gasteiger partial charge in [0.2, 0.25) is 0 Å². The Morgan fingerprint density at radius 1 is 0.955 bits per heavy atom. The molecule has 0 radical (unpaired) electrons. The number of aliphatic hydroxyl groups is 3. The van der Waals surface area contributed by atoms with Crippen LogP contribution in [0.3, 0.4) is 0 Å². The third kappa shape index (κ3) is 1.78. The Morgan fingerprint density at radius 2 is 1.73 bits per heavy atom. The van der Waals surface area contributed by atoms with Crippen molar-refractivity contribution < 1.29 is 15.3 Å². The van der Waals surface area contributed by atoms with E-state index in [0.29, 0.717) is 35.5 Å². The number of aliphatic hydroxyl groups excluding tert-OH is 3. The van der Waals surface area contributed by atoms with E-state index in [1.54, 1.807) is 0 Å². The van der Waals surface area contributed by atoms with Crippen LogP contribution in [0.2, 0.25) is 0 Å². The summed E-state index contributed by atoms with van der Waals surface area (Å²) in [4.78, 5) is 0. The first kappa shape index (κ1) is 14.9. The molecule has 0 heterocycles. The lowest BCUT2D eigenvalue weighted by Crippen LogP contribution is -2.53. The number of hydrogen-bond acceptors (Lipinski definition) is 3. The quantitative estimate of drug-likeness (QED) is 0.624. The van der Waals surface area contributed by atoms with Gasteiger partial charge in [0.25, 0.3) is 0 Å². The molecule has 3 N–H and O–H groups in total. The minimum absolute atomic E-state index is 0.0929. The first-order valence-electron chi connectivity index (χ1n) is 9.16. The Labute approximate surface area is 133 Å². The molecule has 0 aliphatic heterocycles. The maximum absolute atomic E-state index is 10.4. The number of hydrogen-bond donors (Lipinski definition) is 3. The van der Waals surface area contributed by atoms with Gasteiger partial charge >= 0.3 is 0 Å². The molecule has 4 aliphatic rings. The van der Waals surface area contributed by atoms with Gasteiger partial charge in [0.1, 0.15) is 11.5 Å². The summed E-state index contributed by atoms with van der Waals surface area (Å²) in [6, 6.07) is 0. The van der Waals surface area contributed by atoms with Crippen LogP contribution in [-0.4, -0.2) is 21.4 Å². The lowest BCUT2D eigenvalue weighted by molar-refractivity contribution is -0.121. The smallest absolute Gasteiger partial charge is 0.136 e. The van der Waals surface area contributed by atoms with E-state index in [1.165, 1.54) is 12.8 Å². The third-order valence-electron chi connectivity index (χ3n) is 8.26. The minimum Gasteiger partial charge on any atom is -0.509 e. The van der Waals surface area contributed by atoms with Crippen molar-refractivity contribution in [1.82, 2.24) is 0 Å². The largest absolute Gasteiger partial charge is 0.509 e. The zero-order valence-electron chi connectivity index (χ0n) is 13.9. The standard InChI is InChI=1S/C19H30O3/c1-18-7-5-12(20)9-11(18)3-4-13-14(18)6-8-19(2)15(13)10-16(21)17(19)22/h11-15,20-22H,3-10H2,1-2H3/t11?,12?,13-,14+,15+,18+,19+/m1/s1. The van der Waals surface area contributed by atoms with Gasteiger partial charge < -0.3 is 15.3 Å². The maximum Gasteiger partial charge on any atom is 0.136 e. The molecular weight excluding hydrogens is 276 g/mol. The summed E-state index contributed by atoms with van der Waals surface area (Å²) in [6.07, 6.45) is 8.24. The Kier molecular flexibility index (Phi) is 3.15. The van der Waals surface area contributed by atoms with Crippen LogP contribution < -0.4 is 0 Å². The summed E-state index contributed by atoms with van der Waals surface area (Å²) in [5.74, 6) is 2.94. The fourth-order valence-electron chi connectivity index (χ4n) is 6.86. The molecule has 7 atom stereocenters. The fraction of sp³-hybridized carbons (Fsp3) is 0.895. The predicted octanol–water partition coefficient (Wildman–Crippen LogP) is 4.33. The Hall–Kier alpha value is -0.700. The molecule has 0 aromatic rings. The van der Waals surface area contributed by atoms with Gasteiger partial charge in [0.15, 0.2) is 0 Å². The summed E-state index contributed by atoms with van der Waals surface area (Å²) in [7, 11) is 0. The van der Waals surface area contributed by atoms with E-state index in [1.807, 2.05) is 0 Å². The van der Waals surface area contributed by atoms with E-state index in [4.69, 9.17) is 0 Å². The van der Waals surface area contributed by atoms with Crippen LogP contribution in [0.4, 0.5) is 0 Å². The Balaban J connectivity index is 1.64. The molecule has 0 saturated heterocycles. The highest BCUT2D eigenvalue weighted by molar-refractivity contribution is 5.23. The van der Waals surface area contributed by atoms with Crippen LogP contribution in [0.5, 0.6) is 0 Å². The SMILES string of the molecule is C[C@]12CCC(O)CC1CC[C@@H]1[C@@H]2CC[C@]2(C)C(O)=C(O)C[C@@H]12. The average Bonchev–Trinajstić information content (AvgIpc) is 2.72. The van der Waals surface area contributed by atoms with Crippen molar-refractivity contribution in [3.8, 4) is 0 Å². The lowest BCUT2D eigenvalue weighted by Gasteiger charge is -2.60. The van der Waals surface area contributed by atoms with Crippen molar-refractivity contribution >= 4 is 0 Å². The van der Waals surface area contributed by atoms with E-state index in [0.717, 1.165) is 32.1 Å². The van der Waals surface area contributed by atoms with Crippen molar-refractivity contribution in [3.05, 3.63) is 11.5 Å². The molecule has 0 spiro atoms. The van der Waals surface area contributed by atoms with Crippen LogP contribution in [0.25, 0.3) is 0 Å². The highest BCUT2D eigenvalue weighted by Crippen LogP contribution is 2.66. The van der Waals surface area contributed by atoms with Crippen LogP contribution in [0.15, 0.2) is 11.5 Å². The van der Waals surface area contributed by atoms with Crippen LogP contribution in [0.1, 0.15) is 65.2 Å². The molecule has 3 fully saturated rings. The molecule has 3 heteroatoms. The third-order valence-corrected chi connectivity index (χ3v) is 8.26. The molecule has 22 heavy (non-hydrogen) atoms.